The van der Waals surface area contributed by atoms with Crippen LogP contribution in [-0.2, 0) is 4.79 Å². The summed E-state index contributed by atoms with van der Waals surface area (Å²) < 4.78 is 6.10. The van der Waals surface area contributed by atoms with Crippen LogP contribution in [0.4, 0.5) is 0 Å². The molecule has 3 fully saturated rings. The van der Waals surface area contributed by atoms with Gasteiger partial charge in [0.05, 0.1) is 0 Å². The van der Waals surface area contributed by atoms with Crippen LogP contribution in [0.1, 0.15) is 50.5 Å². The van der Waals surface area contributed by atoms with Crippen LogP contribution in [0, 0.1) is 24.7 Å². The first-order valence-corrected chi connectivity index (χ1v) is 10.4. The lowest BCUT2D eigenvalue weighted by Crippen LogP contribution is -2.51. The van der Waals surface area contributed by atoms with Crippen LogP contribution in [0.15, 0.2) is 24.3 Å². The van der Waals surface area contributed by atoms with Crippen molar-refractivity contribution >= 4 is 5.91 Å². The van der Waals surface area contributed by atoms with Gasteiger partial charge in [-0.1, -0.05) is 24.1 Å². The maximum atomic E-state index is 13.0. The molecule has 142 valence electrons. The van der Waals surface area contributed by atoms with E-state index < -0.39 is 0 Å². The first-order chi connectivity index (χ1) is 12.6. The number of hydrogen-bond donors (Lipinski definition) is 1. The second-order valence-electron chi connectivity index (χ2n) is 8.65. The molecule has 1 amide bonds. The lowest BCUT2D eigenvalue weighted by molar-refractivity contribution is -0.140. The molecule has 26 heavy (non-hydrogen) atoms. The predicted octanol–water partition coefficient (Wildman–Crippen LogP) is 3.52. The Morgan fingerprint density at radius 2 is 1.65 bits per heavy atom. The molecule has 0 aromatic heterocycles. The minimum Gasteiger partial charge on any atom is -0.490 e. The quantitative estimate of drug-likeness (QED) is 0.901. The molecule has 2 bridgehead atoms. The number of piperidine rings is 1. The van der Waals surface area contributed by atoms with Crippen LogP contribution < -0.4 is 10.5 Å². The molecule has 2 N–H and O–H groups in total. The van der Waals surface area contributed by atoms with Crippen LogP contribution >= 0.6 is 0 Å². The van der Waals surface area contributed by atoms with Crippen LogP contribution in [0.2, 0.25) is 0 Å². The van der Waals surface area contributed by atoms with Crippen molar-refractivity contribution in [2.45, 2.75) is 64.0 Å². The van der Waals surface area contributed by atoms with Gasteiger partial charge in [-0.3, -0.25) is 4.79 Å². The summed E-state index contributed by atoms with van der Waals surface area (Å²) in [5.41, 5.74) is 7.63. The molecule has 1 heterocycles. The number of carbonyl (C=O) groups is 1. The molecule has 2 saturated carbocycles. The summed E-state index contributed by atoms with van der Waals surface area (Å²) in [5.74, 6) is 2.66. The highest BCUT2D eigenvalue weighted by Crippen LogP contribution is 2.42. The number of nitrogens with two attached hydrogens (primary N) is 1. The van der Waals surface area contributed by atoms with Crippen molar-refractivity contribution in [2.24, 2.45) is 23.5 Å². The Hall–Kier alpha value is -1.55. The van der Waals surface area contributed by atoms with Gasteiger partial charge in [-0.25, -0.2) is 0 Å². The number of carbonyl (C=O) groups excluding carboxylic acids is 1. The molecule has 1 aliphatic heterocycles. The number of benzene rings is 1. The fourth-order valence-corrected chi connectivity index (χ4v) is 5.25. The van der Waals surface area contributed by atoms with Crippen molar-refractivity contribution in [1.29, 1.82) is 0 Å². The molecule has 0 spiro atoms. The highest BCUT2D eigenvalue weighted by atomic mass is 16.5. The number of hydrogen-bond acceptors (Lipinski definition) is 3. The van der Waals surface area contributed by atoms with Gasteiger partial charge >= 0.3 is 0 Å². The fraction of sp³-hybridized carbons (Fsp3) is 0.682. The Kier molecular flexibility index (Phi) is 5.21. The third-order valence-electron chi connectivity index (χ3n) is 6.84. The first kappa shape index (κ1) is 17.8. The Bertz CT molecular complexity index is 608. The molecule has 4 heteroatoms. The minimum absolute atomic E-state index is 0.208. The molecule has 4 rings (SSSR count). The lowest BCUT2D eigenvalue weighted by Gasteiger charge is -2.45. The zero-order valence-electron chi connectivity index (χ0n) is 15.9. The zero-order valence-corrected chi connectivity index (χ0v) is 15.9. The Labute approximate surface area is 157 Å². The first-order valence-electron chi connectivity index (χ1n) is 10.4. The van der Waals surface area contributed by atoms with Crippen molar-refractivity contribution in [3.8, 4) is 5.75 Å². The number of fused-ring (bicyclic) bond motifs is 2. The topological polar surface area (TPSA) is 55.6 Å². The number of nitrogens with zero attached hydrogens (tertiary/aromatic N) is 1. The molecular weight excluding hydrogens is 324 g/mol. The number of rotatable bonds is 3. The van der Waals surface area contributed by atoms with Crippen LogP contribution in [-0.4, -0.2) is 36.0 Å². The third kappa shape index (κ3) is 3.75. The Morgan fingerprint density at radius 1 is 1.04 bits per heavy atom. The van der Waals surface area contributed by atoms with E-state index in [9.17, 15) is 4.79 Å². The Balaban J connectivity index is 1.29. The van der Waals surface area contributed by atoms with E-state index in [2.05, 4.69) is 24.0 Å². The maximum absolute atomic E-state index is 13.0. The van der Waals surface area contributed by atoms with Gasteiger partial charge < -0.3 is 15.4 Å². The van der Waals surface area contributed by atoms with Gasteiger partial charge in [0.2, 0.25) is 5.91 Å². The average molecular weight is 357 g/mol. The second-order valence-corrected chi connectivity index (χ2v) is 8.65. The van der Waals surface area contributed by atoms with Crippen LogP contribution in [0.25, 0.3) is 0 Å². The van der Waals surface area contributed by atoms with E-state index in [0.29, 0.717) is 23.8 Å². The van der Waals surface area contributed by atoms with Crippen molar-refractivity contribution < 1.29 is 9.53 Å². The van der Waals surface area contributed by atoms with Gasteiger partial charge in [0.25, 0.3) is 0 Å². The molecule has 1 aromatic carbocycles. The van der Waals surface area contributed by atoms with Crippen molar-refractivity contribution in [3.05, 3.63) is 29.8 Å². The van der Waals surface area contributed by atoms with Crippen LogP contribution in [0.5, 0.6) is 5.75 Å². The number of ether oxygens (including phenoxy) is 1. The van der Waals surface area contributed by atoms with E-state index in [1.54, 1.807) is 0 Å². The SMILES string of the molecule is Cc1ccc(OC2CCN(C(=O)C3CC4CCCC(C3)C4N)CC2)cc1. The van der Waals surface area contributed by atoms with Gasteiger partial charge in [0.1, 0.15) is 11.9 Å². The summed E-state index contributed by atoms with van der Waals surface area (Å²) in [7, 11) is 0. The number of aryl methyl sites for hydroxylation is 1. The minimum atomic E-state index is 0.208. The van der Waals surface area contributed by atoms with Gasteiger partial charge in [-0.15, -0.1) is 0 Å². The number of likely N-dealkylation sites (tertiary alicyclic amines) is 1. The lowest BCUT2D eigenvalue weighted by atomic mass is 9.65. The largest absolute Gasteiger partial charge is 0.490 e. The summed E-state index contributed by atoms with van der Waals surface area (Å²) in [6.45, 7) is 3.74. The van der Waals surface area contributed by atoms with Gasteiger partial charge in [-0.2, -0.15) is 0 Å². The van der Waals surface area contributed by atoms with E-state index in [-0.39, 0.29) is 12.0 Å². The van der Waals surface area contributed by atoms with Crippen molar-refractivity contribution in [1.82, 2.24) is 4.90 Å². The molecule has 1 aromatic rings. The van der Waals surface area contributed by atoms with Crippen molar-refractivity contribution in [2.75, 3.05) is 13.1 Å². The van der Waals surface area contributed by atoms with E-state index in [4.69, 9.17) is 10.5 Å². The van der Waals surface area contributed by atoms with Gasteiger partial charge in [0, 0.05) is 37.9 Å². The number of amides is 1. The summed E-state index contributed by atoms with van der Waals surface area (Å²) in [4.78, 5) is 15.1. The molecule has 3 aliphatic rings. The molecule has 2 atom stereocenters. The van der Waals surface area contributed by atoms with E-state index in [1.165, 1.54) is 24.8 Å². The van der Waals surface area contributed by atoms with Crippen LogP contribution in [0.3, 0.4) is 0 Å². The molecule has 2 aliphatic carbocycles. The Morgan fingerprint density at radius 3 is 2.27 bits per heavy atom. The predicted molar refractivity (Wildman–Crippen MR) is 103 cm³/mol. The monoisotopic (exact) mass is 356 g/mol. The van der Waals surface area contributed by atoms with E-state index >= 15 is 0 Å². The van der Waals surface area contributed by atoms with E-state index in [0.717, 1.165) is 44.5 Å². The molecule has 2 unspecified atom stereocenters. The van der Waals surface area contributed by atoms with E-state index in [1.807, 2.05) is 12.1 Å². The summed E-state index contributed by atoms with van der Waals surface area (Å²) in [5, 5.41) is 0. The third-order valence-corrected chi connectivity index (χ3v) is 6.84. The molecule has 1 saturated heterocycles. The summed E-state index contributed by atoms with van der Waals surface area (Å²) in [6, 6.07) is 8.58. The standard InChI is InChI=1S/C22H32N2O2/c1-15-5-7-19(8-6-15)26-20-9-11-24(12-10-20)22(25)18-13-16-3-2-4-17(14-18)21(16)23/h5-8,16-18,20-21H,2-4,9-14,23H2,1H3. The molecular formula is C22H32N2O2. The molecule has 4 nitrogen and oxygen atoms in total. The maximum Gasteiger partial charge on any atom is 0.225 e. The smallest absolute Gasteiger partial charge is 0.225 e. The average Bonchev–Trinajstić information content (AvgIpc) is 2.63. The summed E-state index contributed by atoms with van der Waals surface area (Å²) in [6.07, 6.45) is 7.83. The second kappa shape index (κ2) is 7.59. The molecule has 0 radical (unpaired) electrons. The highest BCUT2D eigenvalue weighted by Gasteiger charge is 2.42. The summed E-state index contributed by atoms with van der Waals surface area (Å²) >= 11 is 0. The van der Waals surface area contributed by atoms with Gasteiger partial charge in [0.15, 0.2) is 0 Å². The normalized spacial score (nSPS) is 32.3. The van der Waals surface area contributed by atoms with Gasteiger partial charge in [-0.05, 0) is 56.6 Å². The zero-order chi connectivity index (χ0) is 18.1. The van der Waals surface area contributed by atoms with Crippen molar-refractivity contribution in [3.63, 3.8) is 0 Å². The fourth-order valence-electron chi connectivity index (χ4n) is 5.25. The highest BCUT2D eigenvalue weighted by molar-refractivity contribution is 5.79.